The van der Waals surface area contributed by atoms with E-state index in [0.29, 0.717) is 22.8 Å². The monoisotopic (exact) mass is 312 g/mol. The minimum absolute atomic E-state index is 0.0253. The molecular formula is C15H25ClN4O. The number of likely N-dealkylation sites (N-methyl/N-ethyl adjacent to an activating group) is 2. The Morgan fingerprint density at radius 2 is 1.95 bits per heavy atom. The van der Waals surface area contributed by atoms with E-state index in [2.05, 4.69) is 36.3 Å². The summed E-state index contributed by atoms with van der Waals surface area (Å²) in [6, 6.07) is 5.07. The van der Waals surface area contributed by atoms with E-state index in [1.54, 1.807) is 18.2 Å². The van der Waals surface area contributed by atoms with Gasteiger partial charge in [-0.3, -0.25) is 4.79 Å². The van der Waals surface area contributed by atoms with Crippen LogP contribution in [0.5, 0.6) is 0 Å². The van der Waals surface area contributed by atoms with Crippen molar-refractivity contribution in [1.29, 1.82) is 0 Å². The number of rotatable bonds is 8. The van der Waals surface area contributed by atoms with Crippen LogP contribution in [-0.2, 0) is 4.79 Å². The number of benzene rings is 1. The van der Waals surface area contributed by atoms with Gasteiger partial charge >= 0.3 is 0 Å². The maximum absolute atomic E-state index is 11.9. The third kappa shape index (κ3) is 7.32. The average Bonchev–Trinajstić information content (AvgIpc) is 2.39. The Kier molecular flexibility index (Phi) is 7.50. The molecule has 118 valence electrons. The van der Waals surface area contributed by atoms with Crippen LogP contribution in [0.3, 0.4) is 0 Å². The molecule has 3 N–H and O–H groups in total. The number of nitrogens with zero attached hydrogens (tertiary/aromatic N) is 2. The summed E-state index contributed by atoms with van der Waals surface area (Å²) in [6.07, 6.45) is 1.30. The van der Waals surface area contributed by atoms with Gasteiger partial charge in [0.2, 0.25) is 5.91 Å². The summed E-state index contributed by atoms with van der Waals surface area (Å²) in [5, 5.41) is 3.27. The Morgan fingerprint density at radius 3 is 2.57 bits per heavy atom. The summed E-state index contributed by atoms with van der Waals surface area (Å²) in [7, 11) is 6.17. The molecule has 0 aliphatic heterocycles. The van der Waals surface area contributed by atoms with Crippen LogP contribution in [0.2, 0.25) is 5.02 Å². The molecule has 1 amide bonds. The zero-order chi connectivity index (χ0) is 15.8. The summed E-state index contributed by atoms with van der Waals surface area (Å²) < 4.78 is 0. The molecule has 0 aromatic heterocycles. The SMILES string of the molecule is CN(C)CCN(C)CCCC(=O)Nc1ccc(N)cc1Cl. The van der Waals surface area contributed by atoms with Gasteiger partial charge in [-0.2, -0.15) is 0 Å². The van der Waals surface area contributed by atoms with Gasteiger partial charge in [0.15, 0.2) is 0 Å². The lowest BCUT2D eigenvalue weighted by Gasteiger charge is -2.19. The van der Waals surface area contributed by atoms with Crippen LogP contribution >= 0.6 is 11.6 Å². The molecule has 21 heavy (non-hydrogen) atoms. The standard InChI is InChI=1S/C15H25ClN4O/c1-19(2)9-10-20(3)8-4-5-15(21)18-14-7-6-12(17)11-13(14)16/h6-7,11H,4-5,8-10,17H2,1-3H3,(H,18,21). The molecule has 0 atom stereocenters. The number of amides is 1. The van der Waals surface area contributed by atoms with Crippen LogP contribution in [0.15, 0.2) is 18.2 Å². The fourth-order valence-corrected chi connectivity index (χ4v) is 2.07. The molecule has 0 aliphatic rings. The number of carbonyl (C=O) groups is 1. The molecule has 0 saturated heterocycles. The predicted molar refractivity (Wildman–Crippen MR) is 89.8 cm³/mol. The van der Waals surface area contributed by atoms with Crippen molar-refractivity contribution in [3.05, 3.63) is 23.2 Å². The van der Waals surface area contributed by atoms with Gasteiger partial charge in [-0.15, -0.1) is 0 Å². The molecule has 0 aliphatic carbocycles. The van der Waals surface area contributed by atoms with Crippen molar-refractivity contribution in [2.45, 2.75) is 12.8 Å². The molecule has 0 saturated carbocycles. The Labute approximate surface area is 132 Å². The van der Waals surface area contributed by atoms with E-state index in [0.717, 1.165) is 26.1 Å². The van der Waals surface area contributed by atoms with Crippen LogP contribution in [-0.4, -0.2) is 56.5 Å². The number of nitrogen functional groups attached to an aromatic ring is 1. The minimum atomic E-state index is -0.0253. The molecule has 0 fully saturated rings. The molecule has 1 aromatic rings. The largest absolute Gasteiger partial charge is 0.399 e. The van der Waals surface area contributed by atoms with E-state index in [9.17, 15) is 4.79 Å². The first kappa shape index (κ1) is 17.8. The van der Waals surface area contributed by atoms with Gasteiger partial charge in [-0.1, -0.05) is 11.6 Å². The molecule has 5 nitrogen and oxygen atoms in total. The van der Waals surface area contributed by atoms with Crippen LogP contribution in [0.4, 0.5) is 11.4 Å². The Bertz CT molecular complexity index is 465. The molecule has 0 radical (unpaired) electrons. The summed E-state index contributed by atoms with van der Waals surface area (Å²) in [4.78, 5) is 16.2. The number of carbonyl (C=O) groups excluding carboxylic acids is 1. The second-order valence-corrected chi connectivity index (χ2v) is 5.90. The summed E-state index contributed by atoms with van der Waals surface area (Å²) >= 11 is 6.02. The van der Waals surface area contributed by atoms with Gasteiger partial charge in [0.1, 0.15) is 0 Å². The maximum atomic E-state index is 11.9. The Balaban J connectivity index is 2.28. The van der Waals surface area contributed by atoms with Crippen molar-refractivity contribution < 1.29 is 4.79 Å². The molecule has 0 bridgehead atoms. The number of nitrogens with two attached hydrogens (primary N) is 1. The Hall–Kier alpha value is -1.30. The van der Waals surface area contributed by atoms with Gasteiger partial charge in [0.05, 0.1) is 10.7 Å². The second kappa shape index (κ2) is 8.87. The third-order valence-corrected chi connectivity index (χ3v) is 3.45. The molecule has 1 aromatic carbocycles. The fraction of sp³-hybridized carbons (Fsp3) is 0.533. The van der Waals surface area contributed by atoms with Crippen LogP contribution in [0, 0.1) is 0 Å². The van der Waals surface area contributed by atoms with E-state index in [1.165, 1.54) is 0 Å². The molecule has 0 unspecified atom stereocenters. The van der Waals surface area contributed by atoms with Crippen molar-refractivity contribution >= 4 is 28.9 Å². The molecule has 1 rings (SSSR count). The zero-order valence-corrected chi connectivity index (χ0v) is 13.8. The average molecular weight is 313 g/mol. The van der Waals surface area contributed by atoms with Gasteiger partial charge < -0.3 is 20.9 Å². The summed E-state index contributed by atoms with van der Waals surface area (Å²) in [6.45, 7) is 2.92. The number of anilines is 2. The van der Waals surface area contributed by atoms with E-state index in [4.69, 9.17) is 17.3 Å². The first-order valence-corrected chi connectivity index (χ1v) is 7.44. The van der Waals surface area contributed by atoms with E-state index in [1.807, 2.05) is 0 Å². The maximum Gasteiger partial charge on any atom is 0.224 e. The van der Waals surface area contributed by atoms with Gasteiger partial charge in [-0.25, -0.2) is 0 Å². The number of hydrogen-bond donors (Lipinski definition) is 2. The van der Waals surface area contributed by atoms with Crippen molar-refractivity contribution in [2.75, 3.05) is 51.8 Å². The third-order valence-electron chi connectivity index (χ3n) is 3.14. The fourth-order valence-electron chi connectivity index (χ4n) is 1.84. The highest BCUT2D eigenvalue weighted by atomic mass is 35.5. The van der Waals surface area contributed by atoms with Crippen molar-refractivity contribution in [3.8, 4) is 0 Å². The van der Waals surface area contributed by atoms with Gasteiger partial charge in [0.25, 0.3) is 0 Å². The highest BCUT2D eigenvalue weighted by Gasteiger charge is 2.07. The number of nitrogens with one attached hydrogen (secondary N) is 1. The predicted octanol–water partition coefficient (Wildman–Crippen LogP) is 2.13. The minimum Gasteiger partial charge on any atom is -0.399 e. The quantitative estimate of drug-likeness (QED) is 0.722. The number of halogens is 1. The van der Waals surface area contributed by atoms with E-state index in [-0.39, 0.29) is 5.91 Å². The van der Waals surface area contributed by atoms with Crippen LogP contribution in [0.1, 0.15) is 12.8 Å². The lowest BCUT2D eigenvalue weighted by Crippen LogP contribution is -2.29. The first-order chi connectivity index (χ1) is 9.88. The molecule has 0 heterocycles. The molecule has 0 spiro atoms. The highest BCUT2D eigenvalue weighted by molar-refractivity contribution is 6.34. The first-order valence-electron chi connectivity index (χ1n) is 7.06. The normalized spacial score (nSPS) is 11.1. The topological polar surface area (TPSA) is 61.6 Å². The molecular weight excluding hydrogens is 288 g/mol. The van der Waals surface area contributed by atoms with E-state index < -0.39 is 0 Å². The van der Waals surface area contributed by atoms with E-state index >= 15 is 0 Å². The van der Waals surface area contributed by atoms with Gasteiger partial charge in [-0.05, 0) is 52.3 Å². The van der Waals surface area contributed by atoms with Crippen LogP contribution in [0.25, 0.3) is 0 Å². The molecule has 6 heteroatoms. The zero-order valence-electron chi connectivity index (χ0n) is 13.0. The van der Waals surface area contributed by atoms with Crippen LogP contribution < -0.4 is 11.1 Å². The lowest BCUT2D eigenvalue weighted by atomic mass is 10.2. The number of hydrogen-bond acceptors (Lipinski definition) is 4. The van der Waals surface area contributed by atoms with Crippen molar-refractivity contribution in [1.82, 2.24) is 9.80 Å². The second-order valence-electron chi connectivity index (χ2n) is 5.50. The van der Waals surface area contributed by atoms with Crippen molar-refractivity contribution in [2.24, 2.45) is 0 Å². The highest BCUT2D eigenvalue weighted by Crippen LogP contribution is 2.24. The van der Waals surface area contributed by atoms with Gasteiger partial charge in [0, 0.05) is 25.2 Å². The van der Waals surface area contributed by atoms with Crippen molar-refractivity contribution in [3.63, 3.8) is 0 Å². The summed E-state index contributed by atoms with van der Waals surface area (Å²) in [5.74, 6) is -0.0253. The Morgan fingerprint density at radius 1 is 1.24 bits per heavy atom. The smallest absolute Gasteiger partial charge is 0.224 e. The lowest BCUT2D eigenvalue weighted by molar-refractivity contribution is -0.116. The summed E-state index contributed by atoms with van der Waals surface area (Å²) in [5.41, 5.74) is 6.81.